The minimum atomic E-state index is -0.990. The molecule has 0 bridgehead atoms. The maximum absolute atomic E-state index is 14.2. The molecule has 3 aromatic rings. The third-order valence-electron chi connectivity index (χ3n) is 3.33. The first-order valence-corrected chi connectivity index (χ1v) is 6.65. The zero-order valence-electron chi connectivity index (χ0n) is 12.0. The van der Waals surface area contributed by atoms with Crippen LogP contribution in [0.15, 0.2) is 41.1 Å². The van der Waals surface area contributed by atoms with Gasteiger partial charge in [-0.05, 0) is 37.6 Å². The predicted octanol–water partition coefficient (Wildman–Crippen LogP) is 4.38. The molecule has 0 aliphatic carbocycles. The molecular weight excluding hydrogens is 288 g/mol. The number of halogens is 2. The van der Waals surface area contributed by atoms with E-state index in [4.69, 9.17) is 4.42 Å². The maximum Gasteiger partial charge on any atom is 0.249 e. The summed E-state index contributed by atoms with van der Waals surface area (Å²) in [4.78, 5) is 0. The van der Waals surface area contributed by atoms with Crippen molar-refractivity contribution in [1.82, 2.24) is 10.2 Å². The zero-order valence-corrected chi connectivity index (χ0v) is 12.0. The molecule has 4 nitrogen and oxygen atoms in total. The molecule has 0 saturated carbocycles. The maximum atomic E-state index is 14.2. The van der Waals surface area contributed by atoms with Crippen molar-refractivity contribution in [3.05, 3.63) is 59.5 Å². The van der Waals surface area contributed by atoms with Gasteiger partial charge in [-0.3, -0.25) is 0 Å². The van der Waals surface area contributed by atoms with E-state index >= 15 is 0 Å². The van der Waals surface area contributed by atoms with Crippen molar-refractivity contribution in [2.24, 2.45) is 0 Å². The molecule has 3 rings (SSSR count). The Hall–Kier alpha value is -2.76. The Bertz CT molecular complexity index is 817. The van der Waals surface area contributed by atoms with Gasteiger partial charge in [0.2, 0.25) is 12.3 Å². The van der Waals surface area contributed by atoms with E-state index in [0.717, 1.165) is 23.6 Å². The molecular formula is C16H13F2N3O. The quantitative estimate of drug-likeness (QED) is 0.780. The van der Waals surface area contributed by atoms with Crippen LogP contribution < -0.4 is 5.32 Å². The predicted molar refractivity (Wildman–Crippen MR) is 78.8 cm³/mol. The molecule has 0 fully saturated rings. The van der Waals surface area contributed by atoms with E-state index in [1.165, 1.54) is 6.07 Å². The van der Waals surface area contributed by atoms with Gasteiger partial charge in [0.15, 0.2) is 11.6 Å². The van der Waals surface area contributed by atoms with Crippen LogP contribution in [0, 0.1) is 25.5 Å². The lowest BCUT2D eigenvalue weighted by atomic mass is 10.1. The van der Waals surface area contributed by atoms with Gasteiger partial charge in [-0.2, -0.15) is 0 Å². The van der Waals surface area contributed by atoms with Crippen LogP contribution in [0.3, 0.4) is 0 Å². The minimum absolute atomic E-state index is 0.0313. The summed E-state index contributed by atoms with van der Waals surface area (Å²) in [6.07, 6.45) is 1.14. The van der Waals surface area contributed by atoms with Gasteiger partial charge in [-0.25, -0.2) is 8.78 Å². The highest BCUT2D eigenvalue weighted by Gasteiger charge is 2.18. The largest absolute Gasteiger partial charge is 0.423 e. The summed E-state index contributed by atoms with van der Waals surface area (Å²) in [7, 11) is 0. The molecule has 2 aromatic carbocycles. The van der Waals surface area contributed by atoms with Crippen LogP contribution in [-0.4, -0.2) is 10.2 Å². The molecule has 0 aliphatic heterocycles. The van der Waals surface area contributed by atoms with Gasteiger partial charge in [0.25, 0.3) is 0 Å². The molecule has 22 heavy (non-hydrogen) atoms. The van der Waals surface area contributed by atoms with E-state index in [0.29, 0.717) is 11.3 Å². The van der Waals surface area contributed by atoms with Crippen LogP contribution >= 0.6 is 0 Å². The summed E-state index contributed by atoms with van der Waals surface area (Å²) >= 11 is 0. The van der Waals surface area contributed by atoms with Crippen molar-refractivity contribution in [1.29, 1.82) is 0 Å². The number of nitrogens with one attached hydrogen (secondary N) is 1. The van der Waals surface area contributed by atoms with E-state index in [1.54, 1.807) is 0 Å². The van der Waals surface area contributed by atoms with Crippen LogP contribution in [0.2, 0.25) is 0 Å². The van der Waals surface area contributed by atoms with Crippen molar-refractivity contribution in [3.63, 3.8) is 0 Å². The summed E-state index contributed by atoms with van der Waals surface area (Å²) < 4.78 is 32.9. The summed E-state index contributed by atoms with van der Waals surface area (Å²) in [5.41, 5.74) is 2.95. The standard InChI is InChI=1S/C16H13F2N3O/c1-9-3-6-13(10(2)7-9)20-15-11(16-21-19-8-22-16)4-5-12(17)14(15)18/h3-8,20H,1-2H3. The first kappa shape index (κ1) is 14.2. The molecule has 6 heteroatoms. The summed E-state index contributed by atoms with van der Waals surface area (Å²) in [5, 5.41) is 10.2. The first-order chi connectivity index (χ1) is 10.6. The van der Waals surface area contributed by atoms with Crippen molar-refractivity contribution < 1.29 is 13.2 Å². The molecule has 112 valence electrons. The summed E-state index contributed by atoms with van der Waals surface area (Å²) in [6.45, 7) is 3.85. The Morgan fingerprint density at radius 2 is 1.91 bits per heavy atom. The van der Waals surface area contributed by atoms with Crippen LogP contribution in [0.25, 0.3) is 11.5 Å². The van der Waals surface area contributed by atoms with Gasteiger partial charge in [-0.15, -0.1) is 10.2 Å². The van der Waals surface area contributed by atoms with Crippen LogP contribution in [0.5, 0.6) is 0 Å². The van der Waals surface area contributed by atoms with E-state index in [9.17, 15) is 8.78 Å². The second-order valence-electron chi connectivity index (χ2n) is 4.97. The van der Waals surface area contributed by atoms with Crippen molar-refractivity contribution in [2.45, 2.75) is 13.8 Å². The molecule has 1 aromatic heterocycles. The van der Waals surface area contributed by atoms with Crippen molar-refractivity contribution in [3.8, 4) is 11.5 Å². The SMILES string of the molecule is Cc1ccc(Nc2c(-c3nnco3)ccc(F)c2F)c(C)c1. The molecule has 0 aliphatic rings. The zero-order chi connectivity index (χ0) is 15.7. The van der Waals surface area contributed by atoms with E-state index in [1.807, 2.05) is 32.0 Å². The topological polar surface area (TPSA) is 51.0 Å². The summed E-state index contributed by atoms with van der Waals surface area (Å²) in [5.74, 6) is -1.82. The number of nitrogens with zero attached hydrogens (tertiary/aromatic N) is 2. The van der Waals surface area contributed by atoms with Crippen LogP contribution in [0.1, 0.15) is 11.1 Å². The van der Waals surface area contributed by atoms with Crippen molar-refractivity contribution in [2.75, 3.05) is 5.32 Å². The Balaban J connectivity index is 2.11. The second-order valence-corrected chi connectivity index (χ2v) is 4.97. The van der Waals surface area contributed by atoms with Gasteiger partial charge in [0.1, 0.15) is 0 Å². The highest BCUT2D eigenvalue weighted by atomic mass is 19.2. The average Bonchev–Trinajstić information content (AvgIpc) is 3.00. The highest BCUT2D eigenvalue weighted by molar-refractivity contribution is 5.78. The third kappa shape index (κ3) is 2.55. The number of hydrogen-bond acceptors (Lipinski definition) is 4. The normalized spacial score (nSPS) is 10.7. The van der Waals surface area contributed by atoms with Crippen molar-refractivity contribution >= 4 is 11.4 Å². The number of anilines is 2. The molecule has 1 N–H and O–H groups in total. The molecule has 0 spiro atoms. The highest BCUT2D eigenvalue weighted by Crippen LogP contribution is 2.33. The fourth-order valence-corrected chi connectivity index (χ4v) is 2.23. The monoisotopic (exact) mass is 301 g/mol. The van der Waals surface area contributed by atoms with Crippen LogP contribution in [0.4, 0.5) is 20.2 Å². The van der Waals surface area contributed by atoms with E-state index in [2.05, 4.69) is 15.5 Å². The van der Waals surface area contributed by atoms with Gasteiger partial charge in [-0.1, -0.05) is 17.7 Å². The number of rotatable bonds is 3. The second kappa shape index (κ2) is 5.55. The Morgan fingerprint density at radius 1 is 1.09 bits per heavy atom. The number of benzene rings is 2. The van der Waals surface area contributed by atoms with Gasteiger partial charge in [0, 0.05) is 5.69 Å². The molecule has 1 heterocycles. The van der Waals surface area contributed by atoms with E-state index < -0.39 is 11.6 Å². The Labute approximate surface area is 125 Å². The van der Waals surface area contributed by atoms with Gasteiger partial charge in [0.05, 0.1) is 11.3 Å². The Morgan fingerprint density at radius 3 is 2.59 bits per heavy atom. The molecule has 0 radical (unpaired) electrons. The smallest absolute Gasteiger partial charge is 0.249 e. The number of aromatic nitrogens is 2. The Kier molecular flexibility index (Phi) is 3.58. The fraction of sp³-hybridized carbons (Fsp3) is 0.125. The number of hydrogen-bond donors (Lipinski definition) is 1. The molecule has 0 unspecified atom stereocenters. The minimum Gasteiger partial charge on any atom is -0.423 e. The molecule has 0 amide bonds. The summed E-state index contributed by atoms with van der Waals surface area (Å²) in [6, 6.07) is 8.08. The fourth-order valence-electron chi connectivity index (χ4n) is 2.23. The van der Waals surface area contributed by atoms with Gasteiger partial charge >= 0.3 is 0 Å². The lowest BCUT2D eigenvalue weighted by Crippen LogP contribution is -2.01. The molecule has 0 saturated heterocycles. The lowest BCUT2D eigenvalue weighted by molar-refractivity contribution is 0.510. The third-order valence-corrected chi connectivity index (χ3v) is 3.33. The van der Waals surface area contributed by atoms with Gasteiger partial charge < -0.3 is 9.73 Å². The number of aryl methyl sites for hydroxylation is 2. The van der Waals surface area contributed by atoms with Crippen LogP contribution in [-0.2, 0) is 0 Å². The van der Waals surface area contributed by atoms with E-state index in [-0.39, 0.29) is 11.6 Å². The molecule has 0 atom stereocenters. The lowest BCUT2D eigenvalue weighted by Gasteiger charge is -2.14. The average molecular weight is 301 g/mol. The first-order valence-electron chi connectivity index (χ1n) is 6.65.